The minimum absolute atomic E-state index is 0.556. The molecule has 1 heterocycles. The van der Waals surface area contributed by atoms with Crippen LogP contribution in [0.3, 0.4) is 0 Å². The predicted octanol–water partition coefficient (Wildman–Crippen LogP) is 5.83. The van der Waals surface area contributed by atoms with Crippen LogP contribution >= 0.6 is 23.2 Å². The zero-order chi connectivity index (χ0) is 24.7. The zero-order valence-corrected chi connectivity index (χ0v) is 19.6. The maximum absolute atomic E-state index is 9.10. The van der Waals surface area contributed by atoms with E-state index in [1.165, 1.54) is 11.1 Å². The van der Waals surface area contributed by atoms with Gasteiger partial charge in [0.1, 0.15) is 0 Å². The highest BCUT2D eigenvalue weighted by molar-refractivity contribution is 6.42. The van der Waals surface area contributed by atoms with Crippen LogP contribution < -0.4 is 5.32 Å². The number of hydrogen-bond acceptors (Lipinski definition) is 4. The normalized spacial score (nSPS) is 10.2. The summed E-state index contributed by atoms with van der Waals surface area (Å²) in [5, 5.41) is 19.3. The van der Waals surface area contributed by atoms with Crippen LogP contribution in [0.25, 0.3) is 22.4 Å². The highest BCUT2D eigenvalue weighted by atomic mass is 35.5. The van der Waals surface area contributed by atoms with Crippen LogP contribution in [0, 0.1) is 0 Å². The lowest BCUT2D eigenvalue weighted by Crippen LogP contribution is -2.09. The standard InChI is InChI=1S/C23H19Cl2N3.C2H2O4/c1-28-22(19-10-8-18(9-11-19)17-5-3-2-4-6-17)15-27-23(28)26-14-16-7-12-20(24)21(25)13-16;3-1(4)2(5)6/h2-13,15H,14H2,1H3,(H,26,27);(H,3,4)(H,5,6). The van der Waals surface area contributed by atoms with Crippen LogP contribution in [0.15, 0.2) is 79.0 Å². The van der Waals surface area contributed by atoms with Gasteiger partial charge in [-0.05, 0) is 34.4 Å². The molecule has 174 valence electrons. The van der Waals surface area contributed by atoms with E-state index in [2.05, 4.69) is 63.4 Å². The Labute approximate surface area is 206 Å². The van der Waals surface area contributed by atoms with Crippen molar-refractivity contribution in [2.24, 2.45) is 7.05 Å². The molecule has 4 aromatic rings. The van der Waals surface area contributed by atoms with Gasteiger partial charge in [-0.1, -0.05) is 83.9 Å². The van der Waals surface area contributed by atoms with Gasteiger partial charge in [-0.25, -0.2) is 14.6 Å². The fraction of sp³-hybridized carbons (Fsp3) is 0.0800. The molecule has 9 heteroatoms. The van der Waals surface area contributed by atoms with Gasteiger partial charge in [0.15, 0.2) is 0 Å². The number of imidazole rings is 1. The number of halogens is 2. The van der Waals surface area contributed by atoms with Crippen molar-refractivity contribution in [1.82, 2.24) is 9.55 Å². The quantitative estimate of drug-likeness (QED) is 0.299. The molecule has 0 radical (unpaired) electrons. The molecule has 0 saturated carbocycles. The third-order valence-electron chi connectivity index (χ3n) is 4.89. The number of nitrogens with zero attached hydrogens (tertiary/aromatic N) is 2. The number of rotatable bonds is 5. The first-order chi connectivity index (χ1) is 16.3. The van der Waals surface area contributed by atoms with Crippen molar-refractivity contribution < 1.29 is 19.8 Å². The predicted molar refractivity (Wildman–Crippen MR) is 133 cm³/mol. The maximum Gasteiger partial charge on any atom is 0.414 e. The molecule has 0 aliphatic carbocycles. The fourth-order valence-electron chi connectivity index (χ4n) is 3.14. The monoisotopic (exact) mass is 497 g/mol. The smallest absolute Gasteiger partial charge is 0.414 e. The number of benzene rings is 3. The molecule has 0 saturated heterocycles. The first kappa shape index (κ1) is 24.8. The Kier molecular flexibility index (Phi) is 8.29. The average Bonchev–Trinajstić information content (AvgIpc) is 3.21. The molecule has 0 amide bonds. The van der Waals surface area contributed by atoms with Crippen molar-refractivity contribution >= 4 is 41.1 Å². The van der Waals surface area contributed by atoms with Gasteiger partial charge in [0.25, 0.3) is 0 Å². The van der Waals surface area contributed by atoms with Crippen LogP contribution in [-0.4, -0.2) is 31.7 Å². The molecular formula is C25H21Cl2N3O4. The molecule has 0 atom stereocenters. The summed E-state index contributed by atoms with van der Waals surface area (Å²) in [6.07, 6.45) is 1.88. The summed E-state index contributed by atoms with van der Waals surface area (Å²) in [6, 6.07) is 24.5. The Morgan fingerprint density at radius 3 is 2.03 bits per heavy atom. The zero-order valence-electron chi connectivity index (χ0n) is 18.1. The van der Waals surface area contributed by atoms with E-state index in [1.807, 2.05) is 31.4 Å². The van der Waals surface area contributed by atoms with Gasteiger partial charge in [-0.2, -0.15) is 0 Å². The van der Waals surface area contributed by atoms with Crippen molar-refractivity contribution in [2.75, 3.05) is 5.32 Å². The molecule has 34 heavy (non-hydrogen) atoms. The van der Waals surface area contributed by atoms with Gasteiger partial charge in [-0.3, -0.25) is 0 Å². The summed E-state index contributed by atoms with van der Waals surface area (Å²) < 4.78 is 2.05. The number of carbonyl (C=O) groups is 2. The summed E-state index contributed by atoms with van der Waals surface area (Å²) in [5.74, 6) is -2.85. The third kappa shape index (κ3) is 6.37. The van der Waals surface area contributed by atoms with E-state index in [0.717, 1.165) is 22.8 Å². The van der Waals surface area contributed by atoms with E-state index in [4.69, 9.17) is 43.0 Å². The second-order valence-corrected chi connectivity index (χ2v) is 8.00. The molecule has 0 aliphatic rings. The van der Waals surface area contributed by atoms with E-state index >= 15 is 0 Å². The molecule has 3 N–H and O–H groups in total. The minimum Gasteiger partial charge on any atom is -0.473 e. The van der Waals surface area contributed by atoms with Crippen molar-refractivity contribution in [3.05, 3.63) is 94.6 Å². The van der Waals surface area contributed by atoms with Crippen LogP contribution in [0.4, 0.5) is 5.95 Å². The average molecular weight is 498 g/mol. The molecular weight excluding hydrogens is 477 g/mol. The molecule has 0 aliphatic heterocycles. The van der Waals surface area contributed by atoms with E-state index in [1.54, 1.807) is 6.07 Å². The molecule has 4 rings (SSSR count). The van der Waals surface area contributed by atoms with Gasteiger partial charge in [0.05, 0.1) is 21.9 Å². The summed E-state index contributed by atoms with van der Waals surface area (Å²) in [5.41, 5.74) is 5.63. The van der Waals surface area contributed by atoms with Crippen molar-refractivity contribution in [1.29, 1.82) is 0 Å². The largest absolute Gasteiger partial charge is 0.473 e. The molecule has 7 nitrogen and oxygen atoms in total. The topological polar surface area (TPSA) is 104 Å². The molecule has 0 unspecified atom stereocenters. The first-order valence-corrected chi connectivity index (χ1v) is 10.8. The Morgan fingerprint density at radius 2 is 1.44 bits per heavy atom. The molecule has 0 fully saturated rings. The third-order valence-corrected chi connectivity index (χ3v) is 5.63. The summed E-state index contributed by atoms with van der Waals surface area (Å²) >= 11 is 12.1. The highest BCUT2D eigenvalue weighted by Gasteiger charge is 2.09. The SMILES string of the molecule is Cn1c(-c2ccc(-c3ccccc3)cc2)cnc1NCc1ccc(Cl)c(Cl)c1.O=C(O)C(=O)O. The van der Waals surface area contributed by atoms with E-state index in [0.29, 0.717) is 16.6 Å². The Hall–Kier alpha value is -3.81. The molecule has 0 spiro atoms. The van der Waals surface area contributed by atoms with Crippen LogP contribution in [0.1, 0.15) is 5.56 Å². The lowest BCUT2D eigenvalue weighted by atomic mass is 10.0. The number of aliphatic carboxylic acids is 2. The van der Waals surface area contributed by atoms with Gasteiger partial charge in [0.2, 0.25) is 5.95 Å². The Balaban J connectivity index is 0.000000481. The second kappa shape index (κ2) is 11.4. The molecule has 0 bridgehead atoms. The minimum atomic E-state index is -1.82. The van der Waals surface area contributed by atoms with Crippen molar-refractivity contribution in [3.63, 3.8) is 0 Å². The number of carboxylic acid groups (broad SMARTS) is 2. The van der Waals surface area contributed by atoms with Gasteiger partial charge in [-0.15, -0.1) is 0 Å². The first-order valence-electron chi connectivity index (χ1n) is 10.1. The van der Waals surface area contributed by atoms with Gasteiger partial charge < -0.3 is 20.1 Å². The van der Waals surface area contributed by atoms with Crippen LogP contribution in [-0.2, 0) is 23.2 Å². The number of aromatic nitrogens is 2. The van der Waals surface area contributed by atoms with Crippen LogP contribution in [0.2, 0.25) is 10.0 Å². The lowest BCUT2D eigenvalue weighted by molar-refractivity contribution is -0.159. The number of hydrogen-bond donors (Lipinski definition) is 3. The number of carboxylic acids is 2. The van der Waals surface area contributed by atoms with E-state index in [9.17, 15) is 0 Å². The maximum atomic E-state index is 9.10. The summed E-state index contributed by atoms with van der Waals surface area (Å²) in [4.78, 5) is 22.7. The number of anilines is 1. The van der Waals surface area contributed by atoms with Crippen molar-refractivity contribution in [3.8, 4) is 22.4 Å². The second-order valence-electron chi connectivity index (χ2n) is 7.18. The highest BCUT2D eigenvalue weighted by Crippen LogP contribution is 2.27. The Bertz CT molecular complexity index is 1280. The van der Waals surface area contributed by atoms with Crippen molar-refractivity contribution in [2.45, 2.75) is 6.54 Å². The van der Waals surface area contributed by atoms with E-state index in [-0.39, 0.29) is 0 Å². The lowest BCUT2D eigenvalue weighted by Gasteiger charge is -2.10. The molecule has 3 aromatic carbocycles. The fourth-order valence-corrected chi connectivity index (χ4v) is 3.46. The van der Waals surface area contributed by atoms with Crippen LogP contribution in [0.5, 0.6) is 0 Å². The molecule has 1 aromatic heterocycles. The summed E-state index contributed by atoms with van der Waals surface area (Å²) in [7, 11) is 2.00. The van der Waals surface area contributed by atoms with Gasteiger partial charge in [0, 0.05) is 13.6 Å². The number of nitrogens with one attached hydrogen (secondary N) is 1. The van der Waals surface area contributed by atoms with Gasteiger partial charge >= 0.3 is 11.9 Å². The summed E-state index contributed by atoms with van der Waals surface area (Å²) in [6.45, 7) is 0.619. The van der Waals surface area contributed by atoms with E-state index < -0.39 is 11.9 Å². The Morgan fingerprint density at radius 1 is 0.853 bits per heavy atom.